The summed E-state index contributed by atoms with van der Waals surface area (Å²) in [5, 5.41) is 0. The summed E-state index contributed by atoms with van der Waals surface area (Å²) in [6, 6.07) is 0. The van der Waals surface area contributed by atoms with Gasteiger partial charge in [-0.2, -0.15) is 0 Å². The van der Waals surface area contributed by atoms with Gasteiger partial charge in [-0.1, -0.05) is 6.58 Å². The van der Waals surface area contributed by atoms with E-state index in [1.165, 1.54) is 6.92 Å². The molecule has 1 aliphatic rings. The molecule has 15 heavy (non-hydrogen) atoms. The Kier molecular flexibility index (Phi) is 4.15. The summed E-state index contributed by atoms with van der Waals surface area (Å²) in [7, 11) is 0. The lowest BCUT2D eigenvalue weighted by Crippen LogP contribution is -2.27. The minimum atomic E-state index is -0.859. The first kappa shape index (κ1) is 11.6. The predicted molar refractivity (Wildman–Crippen MR) is 51.0 cm³/mol. The summed E-state index contributed by atoms with van der Waals surface area (Å²) < 4.78 is 14.3. The molecule has 1 aliphatic heterocycles. The lowest BCUT2D eigenvalue weighted by atomic mass is 10.2. The summed E-state index contributed by atoms with van der Waals surface area (Å²) in [6.45, 7) is 5.31. The summed E-state index contributed by atoms with van der Waals surface area (Å²) in [4.78, 5) is 22.1. The van der Waals surface area contributed by atoms with Crippen molar-refractivity contribution in [2.45, 2.75) is 32.5 Å². The third kappa shape index (κ3) is 4.01. The van der Waals surface area contributed by atoms with E-state index in [2.05, 4.69) is 11.3 Å². The molecule has 1 atom stereocenters. The minimum absolute atomic E-state index is 0.272. The number of hydrogen-bond acceptors (Lipinski definition) is 5. The molecule has 84 valence electrons. The smallest absolute Gasteiger partial charge is 0.434 e. The van der Waals surface area contributed by atoms with Gasteiger partial charge in [-0.05, 0) is 19.8 Å². The number of hydrogen-bond donors (Lipinski definition) is 0. The topological polar surface area (TPSA) is 61.8 Å². The van der Waals surface area contributed by atoms with Crippen LogP contribution in [0.5, 0.6) is 0 Å². The van der Waals surface area contributed by atoms with Crippen LogP contribution in [-0.4, -0.2) is 25.0 Å². The summed E-state index contributed by atoms with van der Waals surface area (Å²) in [5.74, 6) is -0.562. The highest BCUT2D eigenvalue weighted by molar-refractivity contribution is 5.87. The Balaban J connectivity index is 2.47. The zero-order valence-electron chi connectivity index (χ0n) is 8.65. The molecular weight excluding hydrogens is 200 g/mol. The van der Waals surface area contributed by atoms with E-state index < -0.39 is 18.4 Å². The number of carbonyl (C=O) groups is 2. The van der Waals surface area contributed by atoms with Crippen molar-refractivity contribution in [2.75, 3.05) is 6.61 Å². The molecule has 0 N–H and O–H groups in total. The van der Waals surface area contributed by atoms with Gasteiger partial charge in [0.2, 0.25) is 0 Å². The number of esters is 1. The fraction of sp³-hybridized carbons (Fsp3) is 0.600. The normalized spacial score (nSPS) is 21.7. The van der Waals surface area contributed by atoms with E-state index >= 15 is 0 Å². The van der Waals surface area contributed by atoms with Crippen molar-refractivity contribution in [3.8, 4) is 0 Å². The van der Waals surface area contributed by atoms with E-state index in [0.29, 0.717) is 13.0 Å². The van der Waals surface area contributed by atoms with Crippen LogP contribution in [0.3, 0.4) is 0 Å². The Hall–Kier alpha value is -1.52. The maximum absolute atomic E-state index is 11.2. The van der Waals surface area contributed by atoms with E-state index in [0.717, 1.165) is 12.8 Å². The Morgan fingerprint density at radius 3 is 2.93 bits per heavy atom. The van der Waals surface area contributed by atoms with Crippen LogP contribution in [0.4, 0.5) is 4.79 Å². The van der Waals surface area contributed by atoms with Crippen molar-refractivity contribution in [1.29, 1.82) is 0 Å². The van der Waals surface area contributed by atoms with Crippen LogP contribution in [0, 0.1) is 0 Å². The second-order valence-electron chi connectivity index (χ2n) is 3.33. The van der Waals surface area contributed by atoms with Crippen LogP contribution >= 0.6 is 0 Å². The summed E-state index contributed by atoms with van der Waals surface area (Å²) in [6.07, 6.45) is 0.363. The highest BCUT2D eigenvalue weighted by Crippen LogP contribution is 2.13. The lowest BCUT2D eigenvalue weighted by Gasteiger charge is -2.20. The van der Waals surface area contributed by atoms with Gasteiger partial charge in [0.15, 0.2) is 0 Å². The Morgan fingerprint density at radius 2 is 2.27 bits per heavy atom. The average molecular weight is 214 g/mol. The molecule has 0 aromatic heterocycles. The van der Waals surface area contributed by atoms with Gasteiger partial charge in [0, 0.05) is 12.0 Å². The van der Waals surface area contributed by atoms with Crippen molar-refractivity contribution < 1.29 is 23.8 Å². The van der Waals surface area contributed by atoms with Crippen LogP contribution in [0.25, 0.3) is 0 Å². The quantitative estimate of drug-likeness (QED) is 0.517. The maximum Gasteiger partial charge on any atom is 0.511 e. The number of carbonyl (C=O) groups excluding carboxylic acids is 2. The third-order valence-corrected chi connectivity index (χ3v) is 1.87. The molecule has 1 heterocycles. The second kappa shape index (κ2) is 5.38. The number of rotatable bonds is 2. The standard InChI is InChI=1S/C10H14O5/c1-7(2)9(11)14-8-5-3-4-6-13-10(12)15-8/h8H,1,3-6H2,2H3. The molecule has 0 bridgehead atoms. The van der Waals surface area contributed by atoms with Crippen molar-refractivity contribution in [2.24, 2.45) is 0 Å². The van der Waals surface area contributed by atoms with Gasteiger partial charge in [-0.15, -0.1) is 0 Å². The Labute approximate surface area is 88.0 Å². The predicted octanol–water partition coefficient (Wildman–Crippen LogP) is 1.77. The molecule has 0 spiro atoms. The summed E-state index contributed by atoms with van der Waals surface area (Å²) in [5.41, 5.74) is 0.272. The van der Waals surface area contributed by atoms with E-state index in [4.69, 9.17) is 9.47 Å². The molecule has 1 saturated heterocycles. The van der Waals surface area contributed by atoms with Crippen LogP contribution in [-0.2, 0) is 19.0 Å². The lowest BCUT2D eigenvalue weighted by molar-refractivity contribution is -0.169. The second-order valence-corrected chi connectivity index (χ2v) is 3.33. The van der Waals surface area contributed by atoms with Gasteiger partial charge in [0.05, 0.1) is 6.61 Å². The molecule has 1 rings (SSSR count). The zero-order valence-corrected chi connectivity index (χ0v) is 8.65. The molecule has 5 nitrogen and oxygen atoms in total. The van der Waals surface area contributed by atoms with E-state index in [1.807, 2.05) is 0 Å². The number of ether oxygens (including phenoxy) is 3. The molecule has 0 aromatic rings. The molecule has 0 aromatic carbocycles. The van der Waals surface area contributed by atoms with Gasteiger partial charge in [-0.3, -0.25) is 0 Å². The molecule has 0 radical (unpaired) electrons. The Morgan fingerprint density at radius 1 is 1.53 bits per heavy atom. The monoisotopic (exact) mass is 214 g/mol. The first-order valence-corrected chi connectivity index (χ1v) is 4.79. The fourth-order valence-electron chi connectivity index (χ4n) is 1.07. The molecule has 1 fully saturated rings. The van der Waals surface area contributed by atoms with Gasteiger partial charge in [-0.25, -0.2) is 9.59 Å². The molecular formula is C10H14O5. The van der Waals surface area contributed by atoms with E-state index in [-0.39, 0.29) is 5.57 Å². The minimum Gasteiger partial charge on any atom is -0.434 e. The van der Waals surface area contributed by atoms with Crippen molar-refractivity contribution in [1.82, 2.24) is 0 Å². The van der Waals surface area contributed by atoms with Gasteiger partial charge >= 0.3 is 12.1 Å². The SMILES string of the molecule is C=C(C)C(=O)OC1CCCCOC(=O)O1. The fourth-order valence-corrected chi connectivity index (χ4v) is 1.07. The zero-order chi connectivity index (χ0) is 11.3. The highest BCUT2D eigenvalue weighted by Gasteiger charge is 2.21. The largest absolute Gasteiger partial charge is 0.511 e. The molecule has 0 amide bonds. The van der Waals surface area contributed by atoms with Crippen molar-refractivity contribution in [3.63, 3.8) is 0 Å². The van der Waals surface area contributed by atoms with Crippen LogP contribution < -0.4 is 0 Å². The molecule has 5 heteroatoms. The number of cyclic esters (lactones) is 2. The van der Waals surface area contributed by atoms with Gasteiger partial charge < -0.3 is 14.2 Å². The molecule has 0 saturated carbocycles. The Bertz CT molecular complexity index is 271. The van der Waals surface area contributed by atoms with E-state index in [9.17, 15) is 9.59 Å². The summed E-state index contributed by atoms with van der Waals surface area (Å²) >= 11 is 0. The first-order chi connectivity index (χ1) is 7.09. The van der Waals surface area contributed by atoms with Crippen LogP contribution in [0.2, 0.25) is 0 Å². The first-order valence-electron chi connectivity index (χ1n) is 4.79. The van der Waals surface area contributed by atoms with E-state index in [1.54, 1.807) is 0 Å². The average Bonchev–Trinajstić information content (AvgIpc) is 2.13. The van der Waals surface area contributed by atoms with Crippen LogP contribution in [0.15, 0.2) is 12.2 Å². The highest BCUT2D eigenvalue weighted by atomic mass is 16.8. The van der Waals surface area contributed by atoms with Crippen molar-refractivity contribution in [3.05, 3.63) is 12.2 Å². The van der Waals surface area contributed by atoms with Gasteiger partial charge in [0.25, 0.3) is 6.29 Å². The van der Waals surface area contributed by atoms with Crippen molar-refractivity contribution >= 4 is 12.1 Å². The van der Waals surface area contributed by atoms with Gasteiger partial charge in [0.1, 0.15) is 0 Å². The maximum atomic E-state index is 11.2. The third-order valence-electron chi connectivity index (χ3n) is 1.87. The molecule has 1 unspecified atom stereocenters. The molecule has 0 aliphatic carbocycles. The van der Waals surface area contributed by atoms with Crippen LogP contribution in [0.1, 0.15) is 26.2 Å².